The number of hydrogen-bond donors (Lipinski definition) is 4. The molecule has 1 aromatic rings. The minimum absolute atomic E-state index is 0.443. The lowest BCUT2D eigenvalue weighted by molar-refractivity contribution is -0.166. The highest BCUT2D eigenvalue weighted by Crippen LogP contribution is 2.45. The standard InChI is InChI=1S/C9H7F6N5/c10-8(11,12)6(17-18-6)4-1-5(3-16-2-4)7(19-20-7)9(13,14)15/h1-3,17-20H. The van der Waals surface area contributed by atoms with Crippen molar-refractivity contribution in [1.29, 1.82) is 0 Å². The zero-order valence-corrected chi connectivity index (χ0v) is 9.45. The van der Waals surface area contributed by atoms with Crippen LogP contribution in [0.4, 0.5) is 26.3 Å². The van der Waals surface area contributed by atoms with E-state index in [4.69, 9.17) is 0 Å². The summed E-state index contributed by atoms with van der Waals surface area (Å²) in [5, 5.41) is 0. The second-order valence-electron chi connectivity index (χ2n) is 4.46. The van der Waals surface area contributed by atoms with Gasteiger partial charge < -0.3 is 0 Å². The van der Waals surface area contributed by atoms with E-state index in [1.165, 1.54) is 0 Å². The Kier molecular flexibility index (Phi) is 2.44. The number of rotatable bonds is 2. The molecule has 0 bridgehead atoms. The molecule has 0 unspecified atom stereocenters. The molecule has 3 heterocycles. The summed E-state index contributed by atoms with van der Waals surface area (Å²) in [7, 11) is 0. The van der Waals surface area contributed by atoms with Crippen LogP contribution in [0.25, 0.3) is 0 Å². The molecule has 4 N–H and O–H groups in total. The van der Waals surface area contributed by atoms with Gasteiger partial charge in [0.25, 0.3) is 0 Å². The monoisotopic (exact) mass is 299 g/mol. The molecule has 3 rings (SSSR count). The van der Waals surface area contributed by atoms with Crippen molar-refractivity contribution in [2.24, 2.45) is 0 Å². The third-order valence-corrected chi connectivity index (χ3v) is 3.20. The number of halogens is 6. The lowest BCUT2D eigenvalue weighted by Crippen LogP contribution is -2.37. The number of hydrogen-bond acceptors (Lipinski definition) is 5. The Morgan fingerprint density at radius 2 is 1.10 bits per heavy atom. The van der Waals surface area contributed by atoms with Crippen molar-refractivity contribution in [3.05, 3.63) is 29.6 Å². The summed E-state index contributed by atoms with van der Waals surface area (Å²) >= 11 is 0. The first-order chi connectivity index (χ1) is 9.12. The van der Waals surface area contributed by atoms with Gasteiger partial charge in [0.2, 0.25) is 11.3 Å². The van der Waals surface area contributed by atoms with Gasteiger partial charge in [-0.05, 0) is 6.07 Å². The largest absolute Gasteiger partial charge is 0.426 e. The van der Waals surface area contributed by atoms with Crippen LogP contribution in [0, 0.1) is 0 Å². The topological polar surface area (TPSA) is 101 Å². The van der Waals surface area contributed by atoms with Crippen molar-refractivity contribution < 1.29 is 26.3 Å². The molecule has 20 heavy (non-hydrogen) atoms. The van der Waals surface area contributed by atoms with Crippen LogP contribution >= 0.6 is 0 Å². The second-order valence-corrected chi connectivity index (χ2v) is 4.46. The van der Waals surface area contributed by atoms with E-state index in [2.05, 4.69) is 4.98 Å². The van der Waals surface area contributed by atoms with Crippen molar-refractivity contribution in [1.82, 2.24) is 26.7 Å². The molecule has 0 saturated carbocycles. The highest BCUT2D eigenvalue weighted by atomic mass is 19.4. The number of aromatic nitrogens is 1. The van der Waals surface area contributed by atoms with Gasteiger partial charge in [-0.15, -0.1) is 0 Å². The Morgan fingerprint density at radius 3 is 1.35 bits per heavy atom. The van der Waals surface area contributed by atoms with Gasteiger partial charge in [-0.2, -0.15) is 26.3 Å². The number of alkyl halides is 6. The zero-order chi connectivity index (χ0) is 14.8. The smallest absolute Gasteiger partial charge is 0.264 e. The summed E-state index contributed by atoms with van der Waals surface area (Å²) in [5.41, 5.74) is 1.65. The molecule has 2 aliphatic rings. The van der Waals surface area contributed by atoms with Gasteiger partial charge in [-0.3, -0.25) is 4.98 Å². The van der Waals surface area contributed by atoms with E-state index in [1.807, 2.05) is 21.7 Å². The normalized spacial score (nSPS) is 23.5. The number of nitrogens with one attached hydrogen (secondary N) is 4. The van der Waals surface area contributed by atoms with E-state index in [1.54, 1.807) is 0 Å². The fraction of sp³-hybridized carbons (Fsp3) is 0.444. The highest BCUT2D eigenvalue weighted by molar-refractivity contribution is 5.36. The summed E-state index contributed by atoms with van der Waals surface area (Å²) in [6, 6.07) is 0.800. The van der Waals surface area contributed by atoms with E-state index < -0.39 is 34.8 Å². The van der Waals surface area contributed by atoms with Gasteiger partial charge in [0.1, 0.15) is 0 Å². The average Bonchev–Trinajstić information content (AvgIpc) is 3.20. The molecule has 0 spiro atoms. The molecule has 110 valence electrons. The predicted octanol–water partition coefficient (Wildman–Crippen LogP) is 0.727. The van der Waals surface area contributed by atoms with Gasteiger partial charge in [0, 0.05) is 23.5 Å². The summed E-state index contributed by atoms with van der Waals surface area (Å²) in [6.45, 7) is 0. The molecule has 0 atom stereocenters. The zero-order valence-electron chi connectivity index (χ0n) is 9.45. The van der Waals surface area contributed by atoms with Crippen molar-refractivity contribution in [2.75, 3.05) is 0 Å². The molecule has 0 amide bonds. The lowest BCUT2D eigenvalue weighted by Gasteiger charge is -2.19. The maximum Gasteiger partial charge on any atom is 0.426 e. The Hall–Kier alpha value is -1.43. The van der Waals surface area contributed by atoms with E-state index in [-0.39, 0.29) is 0 Å². The Bertz CT molecular complexity index is 499. The van der Waals surface area contributed by atoms with Crippen LogP contribution in [0.1, 0.15) is 11.1 Å². The molecule has 1 aromatic heterocycles. The lowest BCUT2D eigenvalue weighted by atomic mass is 9.99. The average molecular weight is 299 g/mol. The highest BCUT2D eigenvalue weighted by Gasteiger charge is 2.68. The molecule has 0 aromatic carbocycles. The van der Waals surface area contributed by atoms with Crippen molar-refractivity contribution in [3.8, 4) is 0 Å². The number of hydrazine groups is 2. The molecular formula is C9H7F6N5. The van der Waals surface area contributed by atoms with Crippen molar-refractivity contribution >= 4 is 0 Å². The van der Waals surface area contributed by atoms with E-state index >= 15 is 0 Å². The second kappa shape index (κ2) is 3.61. The fourth-order valence-electron chi connectivity index (χ4n) is 1.87. The maximum absolute atomic E-state index is 12.9. The van der Waals surface area contributed by atoms with Gasteiger partial charge in [0.05, 0.1) is 0 Å². The van der Waals surface area contributed by atoms with E-state index in [9.17, 15) is 26.3 Å². The summed E-state index contributed by atoms with van der Waals surface area (Å²) < 4.78 is 77.1. The first-order valence-corrected chi connectivity index (χ1v) is 5.30. The summed E-state index contributed by atoms with van der Waals surface area (Å²) in [6.07, 6.45) is -7.70. The predicted molar refractivity (Wildman–Crippen MR) is 52.2 cm³/mol. The van der Waals surface area contributed by atoms with Gasteiger partial charge in [-0.1, -0.05) is 0 Å². The quantitative estimate of drug-likeness (QED) is 0.476. The summed E-state index contributed by atoms with van der Waals surface area (Å²) in [5.74, 6) is 0. The third-order valence-electron chi connectivity index (χ3n) is 3.20. The first-order valence-electron chi connectivity index (χ1n) is 5.30. The Morgan fingerprint density at radius 1 is 0.750 bits per heavy atom. The maximum atomic E-state index is 12.9. The molecule has 2 fully saturated rings. The van der Waals surface area contributed by atoms with Crippen LogP contribution in [0.5, 0.6) is 0 Å². The SMILES string of the molecule is FC(F)(F)C1(c2cncc(C3(C(F)(F)F)NN3)c2)NN1. The van der Waals surface area contributed by atoms with Crippen molar-refractivity contribution in [3.63, 3.8) is 0 Å². The van der Waals surface area contributed by atoms with Gasteiger partial charge in [-0.25, -0.2) is 21.7 Å². The minimum atomic E-state index is -4.71. The molecule has 0 aliphatic carbocycles. The van der Waals surface area contributed by atoms with Gasteiger partial charge in [0.15, 0.2) is 0 Å². The number of pyridine rings is 1. The molecule has 2 saturated heterocycles. The van der Waals surface area contributed by atoms with Crippen LogP contribution < -0.4 is 21.7 Å². The Balaban J connectivity index is 2.01. The van der Waals surface area contributed by atoms with E-state index in [0.29, 0.717) is 0 Å². The third kappa shape index (κ3) is 1.70. The molecule has 5 nitrogen and oxygen atoms in total. The van der Waals surface area contributed by atoms with Crippen molar-refractivity contribution in [2.45, 2.75) is 23.7 Å². The van der Waals surface area contributed by atoms with Crippen LogP contribution in [-0.4, -0.2) is 17.3 Å². The van der Waals surface area contributed by atoms with Crippen LogP contribution in [-0.2, 0) is 11.3 Å². The molecule has 0 radical (unpaired) electrons. The molecular weight excluding hydrogens is 292 g/mol. The van der Waals surface area contributed by atoms with E-state index in [0.717, 1.165) is 18.5 Å². The fourth-order valence-corrected chi connectivity index (χ4v) is 1.87. The van der Waals surface area contributed by atoms with Gasteiger partial charge >= 0.3 is 12.4 Å². The first kappa shape index (κ1) is 13.5. The molecule has 11 heteroatoms. The molecule has 2 aliphatic heterocycles. The van der Waals surface area contributed by atoms with Crippen LogP contribution in [0.3, 0.4) is 0 Å². The Labute approximate surface area is 107 Å². The minimum Gasteiger partial charge on any atom is -0.264 e. The van der Waals surface area contributed by atoms with Crippen LogP contribution in [0.2, 0.25) is 0 Å². The number of nitrogens with zero attached hydrogens (tertiary/aromatic N) is 1. The van der Waals surface area contributed by atoms with Crippen LogP contribution in [0.15, 0.2) is 18.5 Å². The summed E-state index contributed by atoms with van der Waals surface area (Å²) in [4.78, 5) is 3.46.